The van der Waals surface area contributed by atoms with Gasteiger partial charge in [-0.2, -0.15) is 0 Å². The fourth-order valence-corrected chi connectivity index (χ4v) is 2.40. The molecule has 1 heterocycles. The lowest BCUT2D eigenvalue weighted by atomic mass is 10.1. The first-order chi connectivity index (χ1) is 8.63. The summed E-state index contributed by atoms with van der Waals surface area (Å²) in [6, 6.07) is 5.27. The second-order valence-corrected chi connectivity index (χ2v) is 4.67. The Morgan fingerprint density at radius 1 is 1.50 bits per heavy atom. The monoisotopic (exact) mass is 248 g/mol. The molecule has 1 fully saturated rings. The summed E-state index contributed by atoms with van der Waals surface area (Å²) in [5, 5.41) is 9.96. The van der Waals surface area contributed by atoms with Crippen molar-refractivity contribution < 1.29 is 9.84 Å². The maximum absolute atomic E-state index is 9.96. The van der Waals surface area contributed by atoms with Crippen molar-refractivity contribution in [2.45, 2.75) is 25.9 Å². The third kappa shape index (κ3) is 2.48. The van der Waals surface area contributed by atoms with E-state index in [1.54, 1.807) is 19.2 Å². The minimum Gasteiger partial charge on any atom is -0.507 e. The van der Waals surface area contributed by atoms with Crippen LogP contribution in [0.15, 0.2) is 23.2 Å². The Labute approximate surface area is 108 Å². The minimum absolute atomic E-state index is 0.217. The van der Waals surface area contributed by atoms with Crippen molar-refractivity contribution in [1.82, 2.24) is 4.90 Å². The molecule has 1 N–H and O–H groups in total. The number of phenols is 1. The van der Waals surface area contributed by atoms with Crippen molar-refractivity contribution in [3.8, 4) is 11.5 Å². The van der Waals surface area contributed by atoms with Crippen LogP contribution in [0.5, 0.6) is 11.5 Å². The average molecular weight is 248 g/mol. The van der Waals surface area contributed by atoms with Gasteiger partial charge in [0.1, 0.15) is 17.7 Å². The smallest absolute Gasteiger partial charge is 0.131 e. The van der Waals surface area contributed by atoms with E-state index in [2.05, 4.69) is 11.9 Å². The Kier molecular flexibility index (Phi) is 3.87. The quantitative estimate of drug-likeness (QED) is 0.835. The number of hydrogen-bond donors (Lipinski definition) is 1. The van der Waals surface area contributed by atoms with Gasteiger partial charge in [-0.15, -0.1) is 0 Å². The number of aliphatic imine (C=N–C) groups is 1. The number of aromatic hydroxyl groups is 1. The van der Waals surface area contributed by atoms with E-state index in [1.807, 2.05) is 13.0 Å². The molecule has 1 aromatic carbocycles. The van der Waals surface area contributed by atoms with Gasteiger partial charge in [-0.3, -0.25) is 9.89 Å². The van der Waals surface area contributed by atoms with Gasteiger partial charge in [0.2, 0.25) is 0 Å². The molecule has 1 saturated heterocycles. The third-order valence-corrected chi connectivity index (χ3v) is 3.41. The Morgan fingerprint density at radius 2 is 2.28 bits per heavy atom. The fourth-order valence-electron chi connectivity index (χ4n) is 2.40. The molecule has 1 atom stereocenters. The number of nitrogens with zero attached hydrogens (tertiary/aromatic N) is 2. The van der Waals surface area contributed by atoms with Gasteiger partial charge in [-0.1, -0.05) is 6.07 Å². The van der Waals surface area contributed by atoms with Gasteiger partial charge in [-0.05, 0) is 45.5 Å². The Bertz CT molecular complexity index is 457. The molecule has 0 radical (unpaired) electrons. The molecule has 1 aliphatic heterocycles. The highest BCUT2D eigenvalue weighted by Crippen LogP contribution is 2.29. The summed E-state index contributed by atoms with van der Waals surface area (Å²) < 4.78 is 5.28. The van der Waals surface area contributed by atoms with Gasteiger partial charge < -0.3 is 9.84 Å². The molecule has 0 saturated carbocycles. The van der Waals surface area contributed by atoms with E-state index in [-0.39, 0.29) is 11.9 Å². The molecule has 1 unspecified atom stereocenters. The van der Waals surface area contributed by atoms with Gasteiger partial charge in [0.25, 0.3) is 0 Å². The number of phenolic OH excluding ortho intramolecular Hbond substituents is 1. The molecule has 0 aliphatic carbocycles. The molecule has 4 nitrogen and oxygen atoms in total. The predicted molar refractivity (Wildman–Crippen MR) is 72.5 cm³/mol. The fraction of sp³-hybridized carbons (Fsp3) is 0.500. The first-order valence-electron chi connectivity index (χ1n) is 6.24. The molecule has 18 heavy (non-hydrogen) atoms. The van der Waals surface area contributed by atoms with Crippen LogP contribution in [-0.2, 0) is 0 Å². The molecule has 2 rings (SSSR count). The highest BCUT2D eigenvalue weighted by molar-refractivity contribution is 6.03. The first-order valence-corrected chi connectivity index (χ1v) is 6.24. The van der Waals surface area contributed by atoms with Crippen LogP contribution < -0.4 is 4.74 Å². The van der Waals surface area contributed by atoms with Crippen molar-refractivity contribution >= 4 is 5.71 Å². The van der Waals surface area contributed by atoms with Gasteiger partial charge in [0.05, 0.1) is 12.7 Å². The molecule has 0 bridgehead atoms. The molecular weight excluding hydrogens is 228 g/mol. The van der Waals surface area contributed by atoms with Crippen molar-refractivity contribution in [1.29, 1.82) is 0 Å². The van der Waals surface area contributed by atoms with E-state index in [4.69, 9.17) is 9.73 Å². The van der Waals surface area contributed by atoms with Gasteiger partial charge in [-0.25, -0.2) is 0 Å². The van der Waals surface area contributed by atoms with Gasteiger partial charge >= 0.3 is 0 Å². The van der Waals surface area contributed by atoms with Crippen molar-refractivity contribution in [2.75, 3.05) is 20.7 Å². The average Bonchev–Trinajstić information content (AvgIpc) is 2.74. The van der Waals surface area contributed by atoms with E-state index >= 15 is 0 Å². The van der Waals surface area contributed by atoms with E-state index in [0.29, 0.717) is 11.3 Å². The molecule has 0 spiro atoms. The molecule has 1 aliphatic rings. The number of ether oxygens (including phenoxy) is 1. The van der Waals surface area contributed by atoms with E-state index in [9.17, 15) is 5.11 Å². The molecule has 1 aromatic rings. The van der Waals surface area contributed by atoms with E-state index in [1.165, 1.54) is 6.42 Å². The Morgan fingerprint density at radius 3 is 2.89 bits per heavy atom. The summed E-state index contributed by atoms with van der Waals surface area (Å²) >= 11 is 0. The van der Waals surface area contributed by atoms with E-state index < -0.39 is 0 Å². The van der Waals surface area contributed by atoms with Crippen molar-refractivity contribution in [3.63, 3.8) is 0 Å². The standard InChI is InChI=1S/C14H20N2O2/c1-10(15-13-8-5-9-16(13)2)14-11(17)6-4-7-12(14)18-3/h4,6-7,13,17H,5,8-9H2,1-3H3/b15-10+. The van der Waals surface area contributed by atoms with Crippen LogP contribution in [0.3, 0.4) is 0 Å². The third-order valence-electron chi connectivity index (χ3n) is 3.41. The first kappa shape index (κ1) is 12.9. The summed E-state index contributed by atoms with van der Waals surface area (Å²) in [5.41, 5.74) is 1.52. The normalized spacial score (nSPS) is 21.3. The van der Waals surface area contributed by atoms with Crippen LogP contribution in [0.4, 0.5) is 0 Å². The summed E-state index contributed by atoms with van der Waals surface area (Å²) in [7, 11) is 3.68. The van der Waals surface area contributed by atoms with Crippen LogP contribution >= 0.6 is 0 Å². The predicted octanol–water partition coefficient (Wildman–Crippen LogP) is 2.26. The zero-order valence-corrected chi connectivity index (χ0v) is 11.2. The van der Waals surface area contributed by atoms with E-state index in [0.717, 1.165) is 18.7 Å². The molecule has 4 heteroatoms. The number of methoxy groups -OCH3 is 1. The lowest BCUT2D eigenvalue weighted by Gasteiger charge is -2.17. The maximum atomic E-state index is 9.96. The highest BCUT2D eigenvalue weighted by Gasteiger charge is 2.21. The van der Waals surface area contributed by atoms with Crippen LogP contribution in [0.1, 0.15) is 25.3 Å². The second-order valence-electron chi connectivity index (χ2n) is 4.67. The summed E-state index contributed by atoms with van der Waals surface area (Å²) in [4.78, 5) is 6.93. The van der Waals surface area contributed by atoms with Crippen LogP contribution in [0.25, 0.3) is 0 Å². The topological polar surface area (TPSA) is 45.1 Å². The van der Waals surface area contributed by atoms with Crippen molar-refractivity contribution in [2.24, 2.45) is 4.99 Å². The van der Waals surface area contributed by atoms with Crippen LogP contribution in [-0.4, -0.2) is 42.6 Å². The molecule has 98 valence electrons. The van der Waals surface area contributed by atoms with Crippen molar-refractivity contribution in [3.05, 3.63) is 23.8 Å². The van der Waals surface area contributed by atoms with Gasteiger partial charge in [0, 0.05) is 5.71 Å². The Hall–Kier alpha value is -1.55. The number of hydrogen-bond acceptors (Lipinski definition) is 4. The molecular formula is C14H20N2O2. The van der Waals surface area contributed by atoms with Crippen LogP contribution in [0, 0.1) is 0 Å². The molecule has 0 amide bonds. The minimum atomic E-state index is 0.217. The van der Waals surface area contributed by atoms with Crippen LogP contribution in [0.2, 0.25) is 0 Å². The largest absolute Gasteiger partial charge is 0.507 e. The summed E-state index contributed by atoms with van der Waals surface area (Å²) in [5.74, 6) is 0.883. The molecule has 0 aromatic heterocycles. The lowest BCUT2D eigenvalue weighted by molar-refractivity contribution is 0.320. The highest BCUT2D eigenvalue weighted by atomic mass is 16.5. The number of rotatable bonds is 3. The zero-order chi connectivity index (χ0) is 13.1. The van der Waals surface area contributed by atoms with Gasteiger partial charge in [0.15, 0.2) is 0 Å². The number of benzene rings is 1. The summed E-state index contributed by atoms with van der Waals surface area (Å²) in [6.07, 6.45) is 2.47. The lowest BCUT2D eigenvalue weighted by Crippen LogP contribution is -2.24. The summed E-state index contributed by atoms with van der Waals surface area (Å²) in [6.45, 7) is 3.00. The second kappa shape index (κ2) is 5.40. The SMILES string of the molecule is COc1cccc(O)c1/C(C)=N/C1CCCN1C. The number of likely N-dealkylation sites (tertiary alicyclic amines) is 1. The Balaban J connectivity index is 2.33. The maximum Gasteiger partial charge on any atom is 0.131 e. The zero-order valence-electron chi connectivity index (χ0n) is 11.2.